The van der Waals surface area contributed by atoms with Crippen molar-refractivity contribution in [2.24, 2.45) is 0 Å². The van der Waals surface area contributed by atoms with Gasteiger partial charge < -0.3 is 5.32 Å². The Morgan fingerprint density at radius 2 is 2.28 bits per heavy atom. The Bertz CT molecular complexity index is 536. The molecule has 2 N–H and O–H groups in total. The fourth-order valence-corrected chi connectivity index (χ4v) is 1.55. The minimum Gasteiger partial charge on any atom is -0.345 e. The van der Waals surface area contributed by atoms with E-state index in [1.807, 2.05) is 6.92 Å². The van der Waals surface area contributed by atoms with E-state index in [-0.39, 0.29) is 5.91 Å². The van der Waals surface area contributed by atoms with Crippen molar-refractivity contribution in [1.29, 1.82) is 0 Å². The highest BCUT2D eigenvalue weighted by Gasteiger charge is 2.12. The number of aromatic nitrogens is 5. The molecule has 7 nitrogen and oxygen atoms in total. The standard InChI is InChI=1S/C11H14N6O/c1-3-9-8(4-7(2)15-16-9)11(18)12-5-10-13-6-14-17-10/h4,6H,3,5H2,1-2H3,(H,12,18)(H,13,14,17). The lowest BCUT2D eigenvalue weighted by Crippen LogP contribution is -2.25. The number of rotatable bonds is 4. The van der Waals surface area contributed by atoms with Crippen LogP contribution in [-0.4, -0.2) is 31.3 Å². The first-order chi connectivity index (χ1) is 8.70. The summed E-state index contributed by atoms with van der Waals surface area (Å²) < 4.78 is 0. The Kier molecular flexibility index (Phi) is 3.61. The van der Waals surface area contributed by atoms with E-state index in [2.05, 4.69) is 30.7 Å². The summed E-state index contributed by atoms with van der Waals surface area (Å²) >= 11 is 0. The Labute approximate surface area is 104 Å². The molecule has 0 aliphatic carbocycles. The zero-order valence-electron chi connectivity index (χ0n) is 10.3. The summed E-state index contributed by atoms with van der Waals surface area (Å²) in [5.41, 5.74) is 1.97. The zero-order chi connectivity index (χ0) is 13.0. The molecular formula is C11H14N6O. The molecule has 0 aliphatic rings. The largest absolute Gasteiger partial charge is 0.345 e. The molecule has 94 valence electrons. The number of amides is 1. The summed E-state index contributed by atoms with van der Waals surface area (Å²) in [5.74, 6) is 0.432. The molecular weight excluding hydrogens is 232 g/mol. The summed E-state index contributed by atoms with van der Waals surface area (Å²) in [7, 11) is 0. The van der Waals surface area contributed by atoms with Gasteiger partial charge in [-0.3, -0.25) is 9.89 Å². The van der Waals surface area contributed by atoms with Crippen LogP contribution in [-0.2, 0) is 13.0 Å². The highest BCUT2D eigenvalue weighted by atomic mass is 16.1. The number of carbonyl (C=O) groups is 1. The molecule has 2 rings (SSSR count). The summed E-state index contributed by atoms with van der Waals surface area (Å²) in [6.07, 6.45) is 2.06. The van der Waals surface area contributed by atoms with E-state index in [0.29, 0.717) is 30.0 Å². The Balaban J connectivity index is 2.10. The van der Waals surface area contributed by atoms with E-state index in [9.17, 15) is 4.79 Å². The van der Waals surface area contributed by atoms with Gasteiger partial charge in [0.05, 0.1) is 23.5 Å². The van der Waals surface area contributed by atoms with Crippen LogP contribution in [0.1, 0.15) is 34.5 Å². The molecule has 0 aromatic carbocycles. The Morgan fingerprint density at radius 1 is 1.44 bits per heavy atom. The quantitative estimate of drug-likeness (QED) is 0.813. The van der Waals surface area contributed by atoms with Crippen LogP contribution in [0.15, 0.2) is 12.4 Å². The molecule has 0 saturated carbocycles. The Morgan fingerprint density at radius 3 is 2.94 bits per heavy atom. The lowest BCUT2D eigenvalue weighted by molar-refractivity contribution is 0.0948. The maximum absolute atomic E-state index is 12.0. The number of hydrogen-bond acceptors (Lipinski definition) is 5. The van der Waals surface area contributed by atoms with Crippen molar-refractivity contribution in [3.63, 3.8) is 0 Å². The predicted molar refractivity (Wildman–Crippen MR) is 63.7 cm³/mol. The average molecular weight is 246 g/mol. The minimum atomic E-state index is -0.179. The fourth-order valence-electron chi connectivity index (χ4n) is 1.55. The second-order valence-corrected chi connectivity index (χ2v) is 3.81. The molecule has 7 heteroatoms. The van der Waals surface area contributed by atoms with Crippen LogP contribution in [0.3, 0.4) is 0 Å². The zero-order valence-corrected chi connectivity index (χ0v) is 10.3. The number of nitrogens with one attached hydrogen (secondary N) is 2. The van der Waals surface area contributed by atoms with Crippen LogP contribution in [0.4, 0.5) is 0 Å². The van der Waals surface area contributed by atoms with E-state index in [0.717, 1.165) is 5.69 Å². The third-order valence-electron chi connectivity index (χ3n) is 2.45. The highest BCUT2D eigenvalue weighted by Crippen LogP contribution is 2.07. The van der Waals surface area contributed by atoms with Crippen LogP contribution in [0.5, 0.6) is 0 Å². The average Bonchev–Trinajstić information content (AvgIpc) is 2.89. The van der Waals surface area contributed by atoms with Gasteiger partial charge in [-0.05, 0) is 19.4 Å². The smallest absolute Gasteiger partial charge is 0.253 e. The van der Waals surface area contributed by atoms with Gasteiger partial charge >= 0.3 is 0 Å². The molecule has 0 aliphatic heterocycles. The number of aryl methyl sites for hydroxylation is 2. The summed E-state index contributed by atoms with van der Waals surface area (Å²) in [6.45, 7) is 4.05. The van der Waals surface area contributed by atoms with Gasteiger partial charge in [0.1, 0.15) is 12.2 Å². The molecule has 0 radical (unpaired) electrons. The lowest BCUT2D eigenvalue weighted by atomic mass is 10.1. The Hall–Kier alpha value is -2.31. The second kappa shape index (κ2) is 5.35. The summed E-state index contributed by atoms with van der Waals surface area (Å²) in [5, 5.41) is 17.1. The molecule has 0 fully saturated rings. The van der Waals surface area contributed by atoms with Gasteiger partial charge in [-0.15, -0.1) is 0 Å². The molecule has 0 saturated heterocycles. The molecule has 18 heavy (non-hydrogen) atoms. The third kappa shape index (κ3) is 2.68. The van der Waals surface area contributed by atoms with Gasteiger partial charge in [0.2, 0.25) is 0 Å². The molecule has 2 aromatic heterocycles. The van der Waals surface area contributed by atoms with Crippen molar-refractivity contribution in [3.8, 4) is 0 Å². The number of hydrogen-bond donors (Lipinski definition) is 2. The molecule has 2 aromatic rings. The molecule has 0 unspecified atom stereocenters. The van der Waals surface area contributed by atoms with Crippen molar-refractivity contribution >= 4 is 5.91 Å². The van der Waals surface area contributed by atoms with Crippen LogP contribution in [0.25, 0.3) is 0 Å². The number of aromatic amines is 1. The highest BCUT2D eigenvalue weighted by molar-refractivity contribution is 5.95. The van der Waals surface area contributed by atoms with Crippen molar-refractivity contribution in [2.45, 2.75) is 26.8 Å². The maximum Gasteiger partial charge on any atom is 0.253 e. The molecule has 1 amide bonds. The number of nitrogens with zero attached hydrogens (tertiary/aromatic N) is 4. The van der Waals surface area contributed by atoms with Crippen LogP contribution >= 0.6 is 0 Å². The van der Waals surface area contributed by atoms with Crippen molar-refractivity contribution in [3.05, 3.63) is 35.2 Å². The van der Waals surface area contributed by atoms with E-state index < -0.39 is 0 Å². The van der Waals surface area contributed by atoms with Crippen molar-refractivity contribution < 1.29 is 4.79 Å². The van der Waals surface area contributed by atoms with Gasteiger partial charge in [-0.2, -0.15) is 15.3 Å². The predicted octanol–water partition coefficient (Wildman–Crippen LogP) is 0.396. The first-order valence-electron chi connectivity index (χ1n) is 5.66. The number of H-pyrrole nitrogens is 1. The normalized spacial score (nSPS) is 10.3. The first kappa shape index (κ1) is 12.2. The minimum absolute atomic E-state index is 0.179. The number of carbonyl (C=O) groups excluding carboxylic acids is 1. The lowest BCUT2D eigenvalue weighted by Gasteiger charge is -2.07. The van der Waals surface area contributed by atoms with Gasteiger partial charge in [0.15, 0.2) is 0 Å². The van der Waals surface area contributed by atoms with Crippen molar-refractivity contribution in [1.82, 2.24) is 30.7 Å². The summed E-state index contributed by atoms with van der Waals surface area (Å²) in [4.78, 5) is 16.0. The van der Waals surface area contributed by atoms with E-state index >= 15 is 0 Å². The van der Waals surface area contributed by atoms with Crippen LogP contribution in [0, 0.1) is 6.92 Å². The van der Waals surface area contributed by atoms with Gasteiger partial charge in [-0.1, -0.05) is 6.92 Å². The maximum atomic E-state index is 12.0. The molecule has 0 spiro atoms. The monoisotopic (exact) mass is 246 g/mol. The first-order valence-corrected chi connectivity index (χ1v) is 5.66. The fraction of sp³-hybridized carbons (Fsp3) is 0.364. The molecule has 0 atom stereocenters. The molecule has 0 bridgehead atoms. The second-order valence-electron chi connectivity index (χ2n) is 3.81. The third-order valence-corrected chi connectivity index (χ3v) is 2.45. The van der Waals surface area contributed by atoms with Crippen molar-refractivity contribution in [2.75, 3.05) is 0 Å². The van der Waals surface area contributed by atoms with Crippen LogP contribution in [0.2, 0.25) is 0 Å². The van der Waals surface area contributed by atoms with Gasteiger partial charge in [0, 0.05) is 0 Å². The summed E-state index contributed by atoms with van der Waals surface area (Å²) in [6, 6.07) is 1.74. The van der Waals surface area contributed by atoms with E-state index in [1.54, 1.807) is 13.0 Å². The van der Waals surface area contributed by atoms with Gasteiger partial charge in [-0.25, -0.2) is 4.98 Å². The molecule has 2 heterocycles. The SMILES string of the molecule is CCc1nnc(C)cc1C(=O)NCc1ncn[nH]1. The van der Waals surface area contributed by atoms with E-state index in [1.165, 1.54) is 6.33 Å². The topological polar surface area (TPSA) is 96.5 Å². The van der Waals surface area contributed by atoms with Gasteiger partial charge in [0.25, 0.3) is 5.91 Å². The van der Waals surface area contributed by atoms with E-state index in [4.69, 9.17) is 0 Å². The van der Waals surface area contributed by atoms with Crippen LogP contribution < -0.4 is 5.32 Å².